The second kappa shape index (κ2) is 10.9. The number of hydrogen-bond donors (Lipinski definition) is 1. The van der Waals surface area contributed by atoms with Crippen LogP contribution in [-0.4, -0.2) is 39.5 Å². The van der Waals surface area contributed by atoms with Gasteiger partial charge in [-0.3, -0.25) is 4.79 Å². The highest BCUT2D eigenvalue weighted by molar-refractivity contribution is 5.95. The summed E-state index contributed by atoms with van der Waals surface area (Å²) in [6.45, 7) is 6.06. The average molecular weight is 419 g/mol. The molecule has 168 valence electrons. The predicted octanol–water partition coefficient (Wildman–Crippen LogP) is 4.30. The zero-order valence-electron chi connectivity index (χ0n) is 18.8. The van der Waals surface area contributed by atoms with Crippen molar-refractivity contribution >= 4 is 11.9 Å². The number of nitrogens with zero attached hydrogens (tertiary/aromatic N) is 3. The minimum absolute atomic E-state index is 0.0155. The van der Waals surface area contributed by atoms with Crippen molar-refractivity contribution in [2.75, 3.05) is 6.61 Å². The molecule has 7 heteroatoms. The van der Waals surface area contributed by atoms with Gasteiger partial charge in [0.2, 0.25) is 0 Å². The summed E-state index contributed by atoms with van der Waals surface area (Å²) in [5.41, 5.74) is 0.394. The maximum absolute atomic E-state index is 13.2. The van der Waals surface area contributed by atoms with Crippen LogP contribution in [0.15, 0.2) is 6.20 Å². The standard InChI is InChI=1S/C23H38N4O3/c1-4-30-23(29)21(25-22(28)19-15-24-26-27(19)16(2)3)20(17-11-7-5-8-12-17)18-13-9-6-10-14-18/h15-18,20-21H,4-14H2,1-3H3,(H,25,28). The lowest BCUT2D eigenvalue weighted by Crippen LogP contribution is -2.52. The topological polar surface area (TPSA) is 86.1 Å². The van der Waals surface area contributed by atoms with Crippen LogP contribution in [0.1, 0.15) is 102 Å². The number of ether oxygens (including phenoxy) is 1. The molecule has 1 amide bonds. The Balaban J connectivity index is 1.88. The molecule has 0 radical (unpaired) electrons. The van der Waals surface area contributed by atoms with Crippen LogP contribution in [0.4, 0.5) is 0 Å². The summed E-state index contributed by atoms with van der Waals surface area (Å²) in [5, 5.41) is 11.0. The molecule has 2 aliphatic carbocycles. The Hall–Kier alpha value is -1.92. The lowest BCUT2D eigenvalue weighted by molar-refractivity contribution is -0.148. The quantitative estimate of drug-likeness (QED) is 0.636. The summed E-state index contributed by atoms with van der Waals surface area (Å²) in [5.74, 6) is 0.477. The van der Waals surface area contributed by atoms with Gasteiger partial charge in [0.25, 0.3) is 5.91 Å². The van der Waals surface area contributed by atoms with Gasteiger partial charge in [-0.25, -0.2) is 9.48 Å². The Bertz CT molecular complexity index is 672. The number of nitrogens with one attached hydrogen (secondary N) is 1. The van der Waals surface area contributed by atoms with Crippen LogP contribution in [0.5, 0.6) is 0 Å². The molecular weight excluding hydrogens is 380 g/mol. The van der Waals surface area contributed by atoms with Crippen LogP contribution in [-0.2, 0) is 9.53 Å². The number of amides is 1. The maximum Gasteiger partial charge on any atom is 0.328 e. The van der Waals surface area contributed by atoms with Crippen molar-refractivity contribution in [2.45, 2.75) is 97.1 Å². The third kappa shape index (κ3) is 5.41. The molecule has 1 aromatic rings. The van der Waals surface area contributed by atoms with Crippen molar-refractivity contribution in [1.82, 2.24) is 20.3 Å². The average Bonchev–Trinajstić information content (AvgIpc) is 3.25. The lowest BCUT2D eigenvalue weighted by Gasteiger charge is -2.41. The molecule has 7 nitrogen and oxygen atoms in total. The molecule has 2 saturated carbocycles. The third-order valence-electron chi connectivity index (χ3n) is 6.90. The van der Waals surface area contributed by atoms with Gasteiger partial charge in [0, 0.05) is 6.04 Å². The van der Waals surface area contributed by atoms with E-state index < -0.39 is 6.04 Å². The van der Waals surface area contributed by atoms with Crippen molar-refractivity contribution in [3.05, 3.63) is 11.9 Å². The number of carbonyl (C=O) groups is 2. The second-order valence-corrected chi connectivity index (χ2v) is 9.23. The van der Waals surface area contributed by atoms with Crippen LogP contribution in [0.3, 0.4) is 0 Å². The molecule has 3 rings (SSSR count). The lowest BCUT2D eigenvalue weighted by atomic mass is 9.66. The Kier molecular flexibility index (Phi) is 8.28. The second-order valence-electron chi connectivity index (χ2n) is 9.23. The highest BCUT2D eigenvalue weighted by atomic mass is 16.5. The van der Waals surface area contributed by atoms with Gasteiger partial charge in [0.1, 0.15) is 11.7 Å². The maximum atomic E-state index is 13.2. The van der Waals surface area contributed by atoms with Crippen LogP contribution in [0, 0.1) is 17.8 Å². The highest BCUT2D eigenvalue weighted by Crippen LogP contribution is 2.42. The Morgan fingerprint density at radius 2 is 1.63 bits per heavy atom. The van der Waals surface area contributed by atoms with Gasteiger partial charge >= 0.3 is 5.97 Å². The first-order valence-corrected chi connectivity index (χ1v) is 11.9. The molecule has 1 atom stereocenters. The molecule has 0 spiro atoms. The summed E-state index contributed by atoms with van der Waals surface area (Å²) >= 11 is 0. The first-order valence-electron chi connectivity index (χ1n) is 11.9. The molecular formula is C23H38N4O3. The van der Waals surface area contributed by atoms with E-state index in [1.165, 1.54) is 44.7 Å². The van der Waals surface area contributed by atoms with Crippen molar-refractivity contribution in [1.29, 1.82) is 0 Å². The third-order valence-corrected chi connectivity index (χ3v) is 6.90. The fraction of sp³-hybridized carbons (Fsp3) is 0.826. The largest absolute Gasteiger partial charge is 0.464 e. The van der Waals surface area contributed by atoms with Gasteiger partial charge in [-0.15, -0.1) is 5.10 Å². The summed E-state index contributed by atoms with van der Waals surface area (Å²) in [6.07, 6.45) is 13.4. The predicted molar refractivity (Wildman–Crippen MR) is 115 cm³/mol. The number of rotatable bonds is 8. The first kappa shape index (κ1) is 22.8. The van der Waals surface area contributed by atoms with E-state index in [-0.39, 0.29) is 23.8 Å². The minimum atomic E-state index is -0.612. The van der Waals surface area contributed by atoms with Crippen molar-refractivity contribution in [3.8, 4) is 0 Å². The minimum Gasteiger partial charge on any atom is -0.464 e. The molecule has 1 aromatic heterocycles. The van der Waals surface area contributed by atoms with E-state index in [1.54, 1.807) is 4.68 Å². The van der Waals surface area contributed by atoms with Crippen molar-refractivity contribution in [2.24, 2.45) is 17.8 Å². The zero-order valence-corrected chi connectivity index (χ0v) is 18.8. The van der Waals surface area contributed by atoms with E-state index in [0.717, 1.165) is 25.7 Å². The van der Waals surface area contributed by atoms with Gasteiger partial charge < -0.3 is 10.1 Å². The van der Waals surface area contributed by atoms with Crippen molar-refractivity contribution in [3.63, 3.8) is 0 Å². The number of carbonyl (C=O) groups excluding carboxylic acids is 2. The van der Waals surface area contributed by atoms with Gasteiger partial charge in [0.15, 0.2) is 0 Å². The molecule has 2 fully saturated rings. The SMILES string of the molecule is CCOC(=O)C(NC(=O)c1cnnn1C(C)C)C(C1CCCCC1)C1CCCCC1. The number of esters is 1. The van der Waals surface area contributed by atoms with Crippen LogP contribution in [0.25, 0.3) is 0 Å². The molecule has 0 aromatic carbocycles. The van der Waals surface area contributed by atoms with Crippen molar-refractivity contribution < 1.29 is 14.3 Å². The van der Waals surface area contributed by atoms with Crippen LogP contribution >= 0.6 is 0 Å². The van der Waals surface area contributed by atoms with Gasteiger partial charge in [-0.2, -0.15) is 0 Å². The molecule has 0 bridgehead atoms. The molecule has 0 saturated heterocycles. The molecule has 30 heavy (non-hydrogen) atoms. The summed E-state index contributed by atoms with van der Waals surface area (Å²) < 4.78 is 7.08. The smallest absolute Gasteiger partial charge is 0.328 e. The Morgan fingerprint density at radius 3 is 2.13 bits per heavy atom. The van der Waals surface area contributed by atoms with E-state index >= 15 is 0 Å². The van der Waals surface area contributed by atoms with E-state index in [2.05, 4.69) is 15.6 Å². The monoisotopic (exact) mass is 418 g/mol. The van der Waals surface area contributed by atoms with Gasteiger partial charge in [0.05, 0.1) is 12.8 Å². The zero-order chi connectivity index (χ0) is 21.5. The molecule has 2 aliphatic rings. The van der Waals surface area contributed by atoms with Gasteiger partial charge in [-0.05, 0) is 38.5 Å². The normalized spacial score (nSPS) is 19.8. The Morgan fingerprint density at radius 1 is 1.07 bits per heavy atom. The molecule has 1 N–H and O–H groups in total. The first-order chi connectivity index (χ1) is 14.5. The molecule has 1 heterocycles. The Labute approximate surface area is 180 Å². The number of aromatic nitrogens is 3. The van der Waals surface area contributed by atoms with E-state index in [9.17, 15) is 9.59 Å². The highest BCUT2D eigenvalue weighted by Gasteiger charge is 2.42. The van der Waals surface area contributed by atoms with E-state index in [4.69, 9.17) is 4.74 Å². The van der Waals surface area contributed by atoms with Crippen LogP contribution < -0.4 is 5.32 Å². The number of hydrogen-bond acceptors (Lipinski definition) is 5. The molecule has 1 unspecified atom stereocenters. The van der Waals surface area contributed by atoms with Gasteiger partial charge in [-0.1, -0.05) is 69.4 Å². The van der Waals surface area contributed by atoms with Crippen LogP contribution in [0.2, 0.25) is 0 Å². The summed E-state index contributed by atoms with van der Waals surface area (Å²) in [6, 6.07) is -0.596. The summed E-state index contributed by atoms with van der Waals surface area (Å²) in [4.78, 5) is 26.3. The fourth-order valence-electron chi connectivity index (χ4n) is 5.51. The van der Waals surface area contributed by atoms with E-state index in [0.29, 0.717) is 24.1 Å². The fourth-order valence-corrected chi connectivity index (χ4v) is 5.51. The van der Waals surface area contributed by atoms with E-state index in [1.807, 2.05) is 20.8 Å². The molecule has 0 aliphatic heterocycles. The summed E-state index contributed by atoms with van der Waals surface area (Å²) in [7, 11) is 0.